The second-order valence-corrected chi connectivity index (χ2v) is 8.43. The van der Waals surface area contributed by atoms with Crippen LogP contribution in [0.5, 0.6) is 0 Å². The van der Waals surface area contributed by atoms with Gasteiger partial charge in [0, 0.05) is 12.8 Å². The summed E-state index contributed by atoms with van der Waals surface area (Å²) in [4.78, 5) is 70.5. The first-order chi connectivity index (χ1) is 15.8. The zero-order valence-electron chi connectivity index (χ0n) is 18.9. The van der Waals surface area contributed by atoms with Crippen LogP contribution >= 0.6 is 11.8 Å². The summed E-state index contributed by atoms with van der Waals surface area (Å²) in [6, 6.07) is -5.64. The number of thioether (sulfide) groups is 1. The van der Waals surface area contributed by atoms with Gasteiger partial charge in [-0.05, 0) is 38.2 Å². The molecule has 5 unspecified atom stereocenters. The van der Waals surface area contributed by atoms with Crippen molar-refractivity contribution >= 4 is 47.4 Å². The number of carbonyl (C=O) groups is 6. The van der Waals surface area contributed by atoms with E-state index >= 15 is 0 Å². The zero-order chi connectivity index (χ0) is 26.4. The Balaban J connectivity index is 5.43. The summed E-state index contributed by atoms with van der Waals surface area (Å²) in [5.41, 5.74) is 5.61. The van der Waals surface area contributed by atoms with Crippen molar-refractivity contribution in [2.75, 3.05) is 12.0 Å². The Morgan fingerprint density at radius 1 is 0.794 bits per heavy atom. The number of carbonyl (C=O) groups excluding carboxylic acids is 3. The van der Waals surface area contributed by atoms with Gasteiger partial charge in [-0.3, -0.25) is 24.0 Å². The number of hydrogen-bond acceptors (Lipinski definition) is 9. The van der Waals surface area contributed by atoms with Gasteiger partial charge in [-0.2, -0.15) is 11.8 Å². The quantitative estimate of drug-likeness (QED) is 0.103. The van der Waals surface area contributed by atoms with Gasteiger partial charge in [0.05, 0.1) is 12.1 Å². The molecule has 194 valence electrons. The molecule has 0 spiro atoms. The molecule has 0 heterocycles. The van der Waals surface area contributed by atoms with Crippen molar-refractivity contribution in [3.8, 4) is 0 Å². The molecule has 14 nitrogen and oxygen atoms in total. The van der Waals surface area contributed by atoms with Crippen molar-refractivity contribution in [2.24, 2.45) is 5.73 Å². The van der Waals surface area contributed by atoms with Crippen molar-refractivity contribution in [2.45, 2.75) is 69.3 Å². The summed E-state index contributed by atoms with van der Waals surface area (Å²) in [7, 11) is 0. The topological polar surface area (TPSA) is 245 Å². The molecule has 9 N–H and O–H groups in total. The maximum atomic E-state index is 12.7. The fourth-order valence-electron chi connectivity index (χ4n) is 2.64. The van der Waals surface area contributed by atoms with E-state index in [4.69, 9.17) is 15.9 Å². The normalized spacial score (nSPS) is 15.2. The predicted molar refractivity (Wildman–Crippen MR) is 120 cm³/mol. The van der Waals surface area contributed by atoms with E-state index in [-0.39, 0.29) is 12.8 Å². The third-order valence-corrected chi connectivity index (χ3v) is 5.22. The van der Waals surface area contributed by atoms with Crippen LogP contribution in [0, 0.1) is 0 Å². The number of amides is 3. The molecular formula is C19H32N4O10S. The van der Waals surface area contributed by atoms with E-state index < -0.39 is 85.2 Å². The first-order valence-corrected chi connectivity index (χ1v) is 11.7. The van der Waals surface area contributed by atoms with Crippen LogP contribution in [0.15, 0.2) is 0 Å². The number of nitrogens with one attached hydrogen (secondary N) is 3. The molecule has 0 aromatic carbocycles. The second kappa shape index (κ2) is 15.8. The Morgan fingerprint density at radius 2 is 1.32 bits per heavy atom. The Morgan fingerprint density at radius 3 is 1.79 bits per heavy atom. The molecule has 0 bridgehead atoms. The van der Waals surface area contributed by atoms with E-state index in [9.17, 15) is 39.0 Å². The summed E-state index contributed by atoms with van der Waals surface area (Å²) in [6.07, 6.45) is -1.20. The second-order valence-electron chi connectivity index (χ2n) is 7.44. The van der Waals surface area contributed by atoms with E-state index in [1.165, 1.54) is 18.7 Å². The fraction of sp³-hybridized carbons (Fsp3) is 0.684. The molecule has 0 aromatic rings. The number of carboxylic acids is 3. The lowest BCUT2D eigenvalue weighted by Crippen LogP contribution is -2.59. The van der Waals surface area contributed by atoms with Gasteiger partial charge in [0.2, 0.25) is 17.7 Å². The highest BCUT2D eigenvalue weighted by Crippen LogP contribution is 2.05. The highest BCUT2D eigenvalue weighted by atomic mass is 32.2. The monoisotopic (exact) mass is 508 g/mol. The average Bonchev–Trinajstić information content (AvgIpc) is 2.74. The third kappa shape index (κ3) is 12.4. The smallest absolute Gasteiger partial charge is 0.326 e. The van der Waals surface area contributed by atoms with Crippen LogP contribution in [0.1, 0.15) is 39.0 Å². The molecule has 5 atom stereocenters. The van der Waals surface area contributed by atoms with E-state index in [0.717, 1.165) is 0 Å². The van der Waals surface area contributed by atoms with Gasteiger partial charge in [-0.1, -0.05) is 0 Å². The molecule has 0 radical (unpaired) electrons. The number of aliphatic hydroxyl groups excluding tert-OH is 1. The predicted octanol–water partition coefficient (Wildman–Crippen LogP) is -2.28. The molecular weight excluding hydrogens is 476 g/mol. The van der Waals surface area contributed by atoms with Crippen molar-refractivity contribution < 1.29 is 49.2 Å². The summed E-state index contributed by atoms with van der Waals surface area (Å²) in [6.45, 7) is 1.18. The van der Waals surface area contributed by atoms with Crippen LogP contribution in [-0.2, 0) is 28.8 Å². The summed E-state index contributed by atoms with van der Waals surface area (Å²) < 4.78 is 0. The van der Waals surface area contributed by atoms with Gasteiger partial charge in [0.25, 0.3) is 0 Å². The molecule has 0 fully saturated rings. The largest absolute Gasteiger partial charge is 0.481 e. The minimum atomic E-state index is -1.60. The van der Waals surface area contributed by atoms with Crippen LogP contribution in [0.3, 0.4) is 0 Å². The Kier molecular flexibility index (Phi) is 14.5. The maximum absolute atomic E-state index is 12.7. The molecule has 34 heavy (non-hydrogen) atoms. The number of aliphatic hydroxyl groups is 1. The molecule has 0 aromatic heterocycles. The Bertz CT molecular complexity index is 749. The van der Waals surface area contributed by atoms with Gasteiger partial charge in [0.15, 0.2) is 0 Å². The third-order valence-electron chi connectivity index (χ3n) is 4.57. The van der Waals surface area contributed by atoms with E-state index in [1.54, 1.807) is 6.26 Å². The van der Waals surface area contributed by atoms with Gasteiger partial charge in [-0.15, -0.1) is 0 Å². The molecule has 0 rings (SSSR count). The minimum Gasteiger partial charge on any atom is -0.481 e. The summed E-state index contributed by atoms with van der Waals surface area (Å²) >= 11 is 1.36. The van der Waals surface area contributed by atoms with Crippen LogP contribution in [0.2, 0.25) is 0 Å². The van der Waals surface area contributed by atoms with Crippen LogP contribution in [0.4, 0.5) is 0 Å². The molecule has 0 saturated heterocycles. The SMILES string of the molecule is CSCCC(NC(=O)C(NC(=O)C(CCC(=O)O)NC(=O)C(N)CCC(=O)O)C(C)O)C(=O)O. The van der Waals surface area contributed by atoms with Crippen LogP contribution in [-0.4, -0.2) is 98.3 Å². The highest BCUT2D eigenvalue weighted by Gasteiger charge is 2.32. The number of carboxylic acid groups (broad SMARTS) is 3. The fourth-order valence-corrected chi connectivity index (χ4v) is 3.11. The number of nitrogens with two attached hydrogens (primary N) is 1. The van der Waals surface area contributed by atoms with Crippen molar-refractivity contribution in [1.82, 2.24) is 16.0 Å². The van der Waals surface area contributed by atoms with E-state index in [2.05, 4.69) is 16.0 Å². The molecule has 0 aliphatic rings. The highest BCUT2D eigenvalue weighted by molar-refractivity contribution is 7.98. The maximum Gasteiger partial charge on any atom is 0.326 e. The van der Waals surface area contributed by atoms with Crippen molar-refractivity contribution in [3.63, 3.8) is 0 Å². The van der Waals surface area contributed by atoms with Gasteiger partial charge < -0.3 is 42.1 Å². The number of rotatable bonds is 17. The zero-order valence-corrected chi connectivity index (χ0v) is 19.7. The van der Waals surface area contributed by atoms with E-state index in [0.29, 0.717) is 5.75 Å². The summed E-state index contributed by atoms with van der Waals surface area (Å²) in [5.74, 6) is -6.26. The molecule has 0 aliphatic carbocycles. The molecule has 3 amide bonds. The molecule has 0 saturated carbocycles. The minimum absolute atomic E-state index is 0.0915. The van der Waals surface area contributed by atoms with Gasteiger partial charge in [-0.25, -0.2) is 4.79 Å². The lowest BCUT2D eigenvalue weighted by Gasteiger charge is -2.26. The number of hydrogen-bond donors (Lipinski definition) is 8. The Labute approximate surface area is 200 Å². The van der Waals surface area contributed by atoms with Gasteiger partial charge >= 0.3 is 17.9 Å². The van der Waals surface area contributed by atoms with Crippen LogP contribution < -0.4 is 21.7 Å². The van der Waals surface area contributed by atoms with E-state index in [1.807, 2.05) is 0 Å². The first kappa shape index (κ1) is 31.1. The first-order valence-electron chi connectivity index (χ1n) is 10.3. The average molecular weight is 509 g/mol. The molecule has 0 aliphatic heterocycles. The van der Waals surface area contributed by atoms with Crippen LogP contribution in [0.25, 0.3) is 0 Å². The lowest BCUT2D eigenvalue weighted by molar-refractivity contribution is -0.143. The van der Waals surface area contributed by atoms with Crippen molar-refractivity contribution in [1.29, 1.82) is 0 Å². The van der Waals surface area contributed by atoms with Crippen molar-refractivity contribution in [3.05, 3.63) is 0 Å². The number of aliphatic carboxylic acids is 3. The Hall–Kier alpha value is -2.91. The standard InChI is InChI=1S/C19H32N4O10S/c1-9(24)15(18(31)22-12(19(32)33)7-8-34-2)23-17(30)11(4-6-14(27)28)21-16(29)10(20)3-5-13(25)26/h9-12,15,24H,3-8,20H2,1-2H3,(H,21,29)(H,22,31)(H,23,30)(H,25,26)(H,27,28)(H,32,33). The van der Waals surface area contributed by atoms with Gasteiger partial charge in [0.1, 0.15) is 18.1 Å². The summed E-state index contributed by atoms with van der Waals surface area (Å²) in [5, 5.41) is 43.5. The molecule has 15 heteroatoms. The lowest BCUT2D eigenvalue weighted by atomic mass is 10.1.